The number of ether oxygens (including phenoxy) is 2. The second kappa shape index (κ2) is 11.6. The fourth-order valence-corrected chi connectivity index (χ4v) is 5.29. The summed E-state index contributed by atoms with van der Waals surface area (Å²) in [7, 11) is 1.48. The van der Waals surface area contributed by atoms with Gasteiger partial charge in [0.2, 0.25) is 0 Å². The SMILES string of the molecule is COc1cc(C=C(C#N)c2nc(-c3cc4cc(Br)ccc4oc3=O)cs2)ccc1OCC(=O)Nc1nccs1. The van der Waals surface area contributed by atoms with Crippen LogP contribution >= 0.6 is 38.6 Å². The molecule has 0 aliphatic rings. The van der Waals surface area contributed by atoms with Crippen LogP contribution in [0.4, 0.5) is 5.13 Å². The van der Waals surface area contributed by atoms with E-state index in [1.807, 2.05) is 6.07 Å². The lowest BCUT2D eigenvalue weighted by molar-refractivity contribution is -0.118. The van der Waals surface area contributed by atoms with Crippen molar-refractivity contribution in [2.75, 3.05) is 19.0 Å². The van der Waals surface area contributed by atoms with E-state index in [0.717, 1.165) is 9.86 Å². The minimum atomic E-state index is -0.509. The summed E-state index contributed by atoms with van der Waals surface area (Å²) in [4.78, 5) is 33.2. The van der Waals surface area contributed by atoms with Gasteiger partial charge in [0.15, 0.2) is 23.2 Å². The summed E-state index contributed by atoms with van der Waals surface area (Å²) < 4.78 is 17.3. The molecule has 0 aliphatic heterocycles. The number of nitrogens with one attached hydrogen (secondary N) is 1. The molecule has 39 heavy (non-hydrogen) atoms. The van der Waals surface area contributed by atoms with Crippen molar-refractivity contribution in [1.29, 1.82) is 5.26 Å². The Morgan fingerprint density at radius 3 is 2.85 bits per heavy atom. The van der Waals surface area contributed by atoms with Gasteiger partial charge in [-0.25, -0.2) is 14.8 Å². The Morgan fingerprint density at radius 1 is 1.21 bits per heavy atom. The molecule has 194 valence electrons. The van der Waals surface area contributed by atoms with Crippen LogP contribution in [0, 0.1) is 11.3 Å². The largest absolute Gasteiger partial charge is 0.493 e. The van der Waals surface area contributed by atoms with Gasteiger partial charge in [0.1, 0.15) is 16.7 Å². The summed E-state index contributed by atoms with van der Waals surface area (Å²) in [5.74, 6) is 0.409. The highest BCUT2D eigenvalue weighted by Gasteiger charge is 2.15. The fourth-order valence-electron chi connectivity index (χ4n) is 3.58. The number of thiazole rings is 2. The topological polar surface area (TPSA) is 127 Å². The van der Waals surface area contributed by atoms with Gasteiger partial charge in [-0.3, -0.25) is 10.1 Å². The first kappa shape index (κ1) is 26.3. The van der Waals surface area contributed by atoms with E-state index in [0.29, 0.717) is 49.6 Å². The predicted molar refractivity (Wildman–Crippen MR) is 154 cm³/mol. The zero-order valence-corrected chi connectivity index (χ0v) is 23.4. The monoisotopic (exact) mass is 620 g/mol. The highest BCUT2D eigenvalue weighted by molar-refractivity contribution is 9.10. The van der Waals surface area contributed by atoms with Crippen LogP contribution in [0.15, 0.2) is 73.1 Å². The number of allylic oxidation sites excluding steroid dienone is 1. The maximum atomic E-state index is 12.6. The van der Waals surface area contributed by atoms with Crippen molar-refractivity contribution < 1.29 is 18.7 Å². The number of halogens is 1. The van der Waals surface area contributed by atoms with Gasteiger partial charge in [0, 0.05) is 26.8 Å². The Balaban J connectivity index is 1.36. The molecule has 0 unspecified atom stereocenters. The molecule has 0 radical (unpaired) electrons. The number of fused-ring (bicyclic) bond motifs is 1. The molecule has 3 heterocycles. The van der Waals surface area contributed by atoms with Gasteiger partial charge >= 0.3 is 5.63 Å². The number of amides is 1. The maximum absolute atomic E-state index is 12.6. The molecular weight excluding hydrogens is 604 g/mol. The van der Waals surface area contributed by atoms with E-state index in [4.69, 9.17) is 13.9 Å². The molecule has 0 saturated heterocycles. The van der Waals surface area contributed by atoms with Crippen molar-refractivity contribution in [3.8, 4) is 28.8 Å². The highest BCUT2D eigenvalue weighted by Crippen LogP contribution is 2.32. The summed E-state index contributed by atoms with van der Waals surface area (Å²) in [6, 6.07) is 14.3. The van der Waals surface area contributed by atoms with Crippen LogP contribution < -0.4 is 20.4 Å². The van der Waals surface area contributed by atoms with Crippen LogP contribution in [0.2, 0.25) is 0 Å². The number of carbonyl (C=O) groups excluding carboxylic acids is 1. The molecule has 0 saturated carbocycles. The van der Waals surface area contributed by atoms with Crippen molar-refractivity contribution in [2.24, 2.45) is 0 Å². The Morgan fingerprint density at radius 2 is 2.08 bits per heavy atom. The number of rotatable bonds is 8. The molecule has 0 atom stereocenters. The molecule has 12 heteroatoms. The van der Waals surface area contributed by atoms with E-state index >= 15 is 0 Å². The van der Waals surface area contributed by atoms with Crippen molar-refractivity contribution in [3.63, 3.8) is 0 Å². The second-order valence-corrected chi connectivity index (χ2v) is 10.6. The van der Waals surface area contributed by atoms with Crippen LogP contribution in [-0.4, -0.2) is 29.6 Å². The number of methoxy groups -OCH3 is 1. The zero-order chi connectivity index (χ0) is 27.4. The minimum absolute atomic E-state index is 0.226. The molecule has 0 spiro atoms. The van der Waals surface area contributed by atoms with Crippen molar-refractivity contribution in [2.45, 2.75) is 0 Å². The first-order valence-electron chi connectivity index (χ1n) is 11.2. The molecule has 9 nitrogen and oxygen atoms in total. The standard InChI is InChI=1S/C27H17BrN4O5S2/c1-35-23-9-15(2-4-22(23)36-13-24(33)32-27-30-6-7-38-27)8-17(12-29)25-31-20(14-39-25)19-11-16-10-18(28)3-5-21(16)37-26(19)34/h2-11,14H,13H2,1H3,(H,30,32,33). The lowest BCUT2D eigenvalue weighted by Crippen LogP contribution is -2.20. The number of anilines is 1. The minimum Gasteiger partial charge on any atom is -0.493 e. The van der Waals surface area contributed by atoms with Crippen molar-refractivity contribution >= 4 is 72.3 Å². The molecule has 2 aromatic carbocycles. The highest BCUT2D eigenvalue weighted by atomic mass is 79.9. The zero-order valence-electron chi connectivity index (χ0n) is 20.1. The molecule has 1 amide bonds. The molecule has 1 N–H and O–H groups in total. The summed E-state index contributed by atoms with van der Waals surface area (Å²) in [6.07, 6.45) is 3.25. The molecule has 5 aromatic rings. The van der Waals surface area contributed by atoms with Crippen molar-refractivity contribution in [3.05, 3.63) is 84.9 Å². The summed E-state index contributed by atoms with van der Waals surface area (Å²) >= 11 is 5.97. The molecule has 0 fully saturated rings. The molecule has 3 aromatic heterocycles. The number of nitrogens with zero attached hydrogens (tertiary/aromatic N) is 3. The van der Waals surface area contributed by atoms with E-state index < -0.39 is 5.63 Å². The average molecular weight is 621 g/mol. The Hall–Kier alpha value is -4.31. The number of carbonyl (C=O) groups is 1. The average Bonchev–Trinajstić information content (AvgIpc) is 3.63. The van der Waals surface area contributed by atoms with Gasteiger partial charge < -0.3 is 13.9 Å². The summed E-state index contributed by atoms with van der Waals surface area (Å²) in [5, 5.41) is 17.6. The quantitative estimate of drug-likeness (QED) is 0.160. The van der Waals surface area contributed by atoms with Crippen LogP contribution in [-0.2, 0) is 4.79 Å². The first-order chi connectivity index (χ1) is 18.9. The normalized spacial score (nSPS) is 11.3. The number of hydrogen-bond donors (Lipinski definition) is 1. The fraction of sp³-hybridized carbons (Fsp3) is 0.0741. The van der Waals surface area contributed by atoms with E-state index in [9.17, 15) is 14.9 Å². The van der Waals surface area contributed by atoms with Crippen molar-refractivity contribution in [1.82, 2.24) is 9.97 Å². The van der Waals surface area contributed by atoms with Gasteiger partial charge in [-0.2, -0.15) is 5.26 Å². The second-order valence-electron chi connectivity index (χ2n) is 7.92. The van der Waals surface area contributed by atoms with E-state index in [1.165, 1.54) is 29.8 Å². The summed E-state index contributed by atoms with van der Waals surface area (Å²) in [6.45, 7) is -0.226. The molecule has 0 bridgehead atoms. The Labute approximate surface area is 238 Å². The van der Waals surface area contributed by atoms with Gasteiger partial charge in [-0.05, 0) is 48.0 Å². The molecule has 5 rings (SSSR count). The van der Waals surface area contributed by atoms with Gasteiger partial charge in [-0.15, -0.1) is 22.7 Å². The third-order valence-corrected chi connectivity index (χ3v) is 7.42. The van der Waals surface area contributed by atoms with Crippen LogP contribution in [0.3, 0.4) is 0 Å². The number of nitriles is 1. The number of hydrogen-bond acceptors (Lipinski definition) is 10. The third kappa shape index (κ3) is 6.06. The molecular formula is C27H17BrN4O5S2. The lowest BCUT2D eigenvalue weighted by Gasteiger charge is -2.11. The Kier molecular flexibility index (Phi) is 7.83. The molecule has 0 aliphatic carbocycles. The third-order valence-electron chi connectivity index (χ3n) is 5.36. The van der Waals surface area contributed by atoms with Gasteiger partial charge in [0.25, 0.3) is 5.91 Å². The summed E-state index contributed by atoms with van der Waals surface area (Å²) in [5.41, 5.74) is 1.66. The van der Waals surface area contributed by atoms with E-state index in [1.54, 1.807) is 59.4 Å². The number of benzene rings is 2. The Bertz CT molecular complexity index is 1810. The van der Waals surface area contributed by atoms with E-state index in [-0.39, 0.29) is 12.5 Å². The van der Waals surface area contributed by atoms with Gasteiger partial charge in [0.05, 0.1) is 23.9 Å². The first-order valence-corrected chi connectivity index (χ1v) is 13.8. The number of aromatic nitrogens is 2. The lowest BCUT2D eigenvalue weighted by atomic mass is 10.1. The van der Waals surface area contributed by atoms with Gasteiger partial charge in [-0.1, -0.05) is 22.0 Å². The van der Waals surface area contributed by atoms with Crippen LogP contribution in [0.1, 0.15) is 10.6 Å². The van der Waals surface area contributed by atoms with Crippen LogP contribution in [0.5, 0.6) is 11.5 Å². The van der Waals surface area contributed by atoms with E-state index in [2.05, 4.69) is 37.3 Å². The predicted octanol–water partition coefficient (Wildman–Crippen LogP) is 6.23. The maximum Gasteiger partial charge on any atom is 0.345 e. The smallest absolute Gasteiger partial charge is 0.345 e. The van der Waals surface area contributed by atoms with Crippen LogP contribution in [0.25, 0.3) is 33.9 Å².